The van der Waals surface area contributed by atoms with Crippen molar-refractivity contribution in [3.8, 4) is 5.75 Å². The van der Waals surface area contributed by atoms with Gasteiger partial charge in [-0.15, -0.1) is 0 Å². The Morgan fingerprint density at radius 2 is 2.19 bits per heavy atom. The number of aliphatic hydroxyl groups is 2. The molecule has 118 valence electrons. The Hall–Kier alpha value is -1.30. The molecular formula is C16H26N2O3. The smallest absolute Gasteiger partial charge is 0.142 e. The van der Waals surface area contributed by atoms with Gasteiger partial charge in [0.25, 0.3) is 0 Å². The molecule has 3 N–H and O–H groups in total. The van der Waals surface area contributed by atoms with Gasteiger partial charge in [-0.2, -0.15) is 0 Å². The van der Waals surface area contributed by atoms with Crippen LogP contribution in [0, 0.1) is 0 Å². The van der Waals surface area contributed by atoms with E-state index < -0.39 is 6.10 Å². The van der Waals surface area contributed by atoms with Gasteiger partial charge in [-0.25, -0.2) is 0 Å². The fraction of sp³-hybridized carbons (Fsp3) is 0.625. The second-order valence-electron chi connectivity index (χ2n) is 5.65. The molecule has 0 spiro atoms. The van der Waals surface area contributed by atoms with E-state index in [1.165, 1.54) is 19.3 Å². The number of likely N-dealkylation sites (tertiary alicyclic amines) is 1. The van der Waals surface area contributed by atoms with Gasteiger partial charge < -0.3 is 25.2 Å². The minimum Gasteiger partial charge on any atom is -0.490 e. The Morgan fingerprint density at radius 3 is 2.95 bits per heavy atom. The van der Waals surface area contributed by atoms with Crippen molar-refractivity contribution >= 4 is 5.69 Å². The first-order valence-electron chi connectivity index (χ1n) is 7.65. The average molecular weight is 294 g/mol. The van der Waals surface area contributed by atoms with Crippen LogP contribution in [0.2, 0.25) is 0 Å². The molecule has 2 unspecified atom stereocenters. The van der Waals surface area contributed by atoms with E-state index >= 15 is 0 Å². The number of benzene rings is 1. The Morgan fingerprint density at radius 1 is 1.38 bits per heavy atom. The summed E-state index contributed by atoms with van der Waals surface area (Å²) in [6.45, 7) is 1.87. The third-order valence-corrected chi connectivity index (χ3v) is 3.98. The third-order valence-electron chi connectivity index (χ3n) is 3.98. The number of ether oxygens (including phenoxy) is 1. The number of nitrogens with one attached hydrogen (secondary N) is 1. The molecule has 0 saturated carbocycles. The summed E-state index contributed by atoms with van der Waals surface area (Å²) in [7, 11) is 2.15. The maximum atomic E-state index is 9.42. The summed E-state index contributed by atoms with van der Waals surface area (Å²) in [4.78, 5) is 2.36. The Bertz CT molecular complexity index is 428. The Kier molecular flexibility index (Phi) is 6.29. The summed E-state index contributed by atoms with van der Waals surface area (Å²) in [6, 6.07) is 8.18. The van der Waals surface area contributed by atoms with E-state index in [1.807, 2.05) is 24.3 Å². The van der Waals surface area contributed by atoms with Gasteiger partial charge in [-0.3, -0.25) is 0 Å². The maximum absolute atomic E-state index is 9.42. The monoisotopic (exact) mass is 294 g/mol. The van der Waals surface area contributed by atoms with Crippen LogP contribution in [0.3, 0.4) is 0 Å². The first-order valence-corrected chi connectivity index (χ1v) is 7.65. The molecule has 2 rings (SSSR count). The van der Waals surface area contributed by atoms with Crippen molar-refractivity contribution in [2.45, 2.75) is 31.4 Å². The highest BCUT2D eigenvalue weighted by Crippen LogP contribution is 2.25. The molecular weight excluding hydrogens is 268 g/mol. The van der Waals surface area contributed by atoms with Crippen LogP contribution in [-0.2, 0) is 0 Å². The molecule has 2 atom stereocenters. The standard InChI is InChI=1S/C16H26N2O3/c1-18-9-5-4-6-13(18)12-21-16-8-3-2-7-15(16)17-10-14(20)11-19/h2-3,7-8,13-14,17,19-20H,4-6,9-12H2,1H3. The van der Waals surface area contributed by atoms with Crippen molar-refractivity contribution < 1.29 is 14.9 Å². The Labute approximate surface area is 126 Å². The van der Waals surface area contributed by atoms with E-state index in [-0.39, 0.29) is 6.61 Å². The van der Waals surface area contributed by atoms with Gasteiger partial charge in [-0.1, -0.05) is 18.6 Å². The van der Waals surface area contributed by atoms with E-state index in [9.17, 15) is 5.11 Å². The molecule has 1 aromatic rings. The first-order chi connectivity index (χ1) is 10.2. The number of hydrogen-bond acceptors (Lipinski definition) is 5. The van der Waals surface area contributed by atoms with Crippen molar-refractivity contribution in [2.75, 3.05) is 38.7 Å². The number of aliphatic hydroxyl groups excluding tert-OH is 2. The van der Waals surface area contributed by atoms with Gasteiger partial charge in [0.1, 0.15) is 12.4 Å². The van der Waals surface area contributed by atoms with Crippen molar-refractivity contribution in [3.63, 3.8) is 0 Å². The molecule has 5 nitrogen and oxygen atoms in total. The lowest BCUT2D eigenvalue weighted by atomic mass is 10.0. The van der Waals surface area contributed by atoms with Crippen LogP contribution in [-0.4, -0.2) is 60.6 Å². The zero-order valence-corrected chi connectivity index (χ0v) is 12.7. The lowest BCUT2D eigenvalue weighted by Crippen LogP contribution is -2.40. The summed E-state index contributed by atoms with van der Waals surface area (Å²) >= 11 is 0. The highest BCUT2D eigenvalue weighted by atomic mass is 16.5. The van der Waals surface area contributed by atoms with Gasteiger partial charge in [0.05, 0.1) is 18.4 Å². The number of piperidine rings is 1. The summed E-state index contributed by atoms with van der Waals surface area (Å²) in [6.07, 6.45) is 2.95. The maximum Gasteiger partial charge on any atom is 0.142 e. The van der Waals surface area contributed by atoms with Crippen LogP contribution in [0.4, 0.5) is 5.69 Å². The summed E-state index contributed by atoms with van der Waals surface area (Å²) in [5.74, 6) is 0.793. The second-order valence-corrected chi connectivity index (χ2v) is 5.65. The van der Waals surface area contributed by atoms with E-state index in [2.05, 4.69) is 17.3 Å². The van der Waals surface area contributed by atoms with Crippen LogP contribution in [0.1, 0.15) is 19.3 Å². The van der Waals surface area contributed by atoms with Gasteiger partial charge in [0.15, 0.2) is 0 Å². The SMILES string of the molecule is CN1CCCCC1COc1ccccc1NCC(O)CO. The van der Waals surface area contributed by atoms with Crippen LogP contribution in [0.5, 0.6) is 5.75 Å². The number of anilines is 1. The number of hydrogen-bond donors (Lipinski definition) is 3. The molecule has 5 heteroatoms. The number of likely N-dealkylation sites (N-methyl/N-ethyl adjacent to an activating group) is 1. The predicted octanol–water partition coefficient (Wildman–Crippen LogP) is 1.31. The van der Waals surface area contributed by atoms with Crippen LogP contribution in [0.15, 0.2) is 24.3 Å². The van der Waals surface area contributed by atoms with E-state index in [1.54, 1.807) is 0 Å². The highest BCUT2D eigenvalue weighted by Gasteiger charge is 2.19. The van der Waals surface area contributed by atoms with Gasteiger partial charge in [0, 0.05) is 12.6 Å². The largest absolute Gasteiger partial charge is 0.490 e. The van der Waals surface area contributed by atoms with Gasteiger partial charge in [-0.05, 0) is 38.6 Å². The molecule has 21 heavy (non-hydrogen) atoms. The molecule has 0 aromatic heterocycles. The minimum absolute atomic E-state index is 0.247. The number of rotatable bonds is 7. The lowest BCUT2D eigenvalue weighted by Gasteiger charge is -2.32. The number of para-hydroxylation sites is 2. The lowest BCUT2D eigenvalue weighted by molar-refractivity contribution is 0.105. The van der Waals surface area contributed by atoms with Crippen molar-refractivity contribution in [3.05, 3.63) is 24.3 Å². The fourth-order valence-corrected chi connectivity index (χ4v) is 2.57. The molecule has 1 fully saturated rings. The summed E-state index contributed by atoms with van der Waals surface area (Å²) in [5.41, 5.74) is 0.850. The van der Waals surface area contributed by atoms with Crippen LogP contribution in [0.25, 0.3) is 0 Å². The molecule has 1 saturated heterocycles. The van der Waals surface area contributed by atoms with E-state index in [0.717, 1.165) is 18.0 Å². The summed E-state index contributed by atoms with van der Waals surface area (Å²) in [5, 5.41) is 21.4. The van der Waals surface area contributed by atoms with Gasteiger partial charge in [0.2, 0.25) is 0 Å². The Balaban J connectivity index is 1.90. The number of nitrogens with zero attached hydrogens (tertiary/aromatic N) is 1. The van der Waals surface area contributed by atoms with Gasteiger partial charge >= 0.3 is 0 Å². The minimum atomic E-state index is -0.762. The zero-order valence-electron chi connectivity index (χ0n) is 12.7. The molecule has 0 aliphatic carbocycles. The normalized spacial score (nSPS) is 21.0. The third kappa shape index (κ3) is 4.88. The molecule has 1 aromatic carbocycles. The molecule has 1 heterocycles. The van der Waals surface area contributed by atoms with Crippen molar-refractivity contribution in [2.24, 2.45) is 0 Å². The highest BCUT2D eigenvalue weighted by molar-refractivity contribution is 5.56. The quantitative estimate of drug-likeness (QED) is 0.708. The van der Waals surface area contributed by atoms with Crippen molar-refractivity contribution in [1.82, 2.24) is 4.90 Å². The zero-order chi connectivity index (χ0) is 15.1. The van der Waals surface area contributed by atoms with Crippen LogP contribution >= 0.6 is 0 Å². The van der Waals surface area contributed by atoms with E-state index in [4.69, 9.17) is 9.84 Å². The van der Waals surface area contributed by atoms with E-state index in [0.29, 0.717) is 19.2 Å². The topological polar surface area (TPSA) is 65.0 Å². The molecule has 1 aliphatic rings. The second kappa shape index (κ2) is 8.22. The molecule has 0 bridgehead atoms. The first kappa shape index (κ1) is 16.1. The molecule has 0 amide bonds. The fourth-order valence-electron chi connectivity index (χ4n) is 2.57. The molecule has 0 radical (unpaired) electrons. The summed E-state index contributed by atoms with van der Waals surface area (Å²) < 4.78 is 5.96. The van der Waals surface area contributed by atoms with Crippen molar-refractivity contribution in [1.29, 1.82) is 0 Å². The molecule has 1 aliphatic heterocycles. The van der Waals surface area contributed by atoms with Crippen LogP contribution < -0.4 is 10.1 Å². The predicted molar refractivity (Wildman–Crippen MR) is 83.8 cm³/mol. The average Bonchev–Trinajstić information content (AvgIpc) is 2.52.